The smallest absolute Gasteiger partial charge is 0.255 e. The van der Waals surface area contributed by atoms with E-state index in [9.17, 15) is 17.6 Å². The third kappa shape index (κ3) is 3.45. The van der Waals surface area contributed by atoms with Crippen molar-refractivity contribution in [1.82, 2.24) is 0 Å². The van der Waals surface area contributed by atoms with Crippen molar-refractivity contribution in [2.45, 2.75) is 11.8 Å². The molecule has 110 valence electrons. The fraction of sp³-hybridized carbons (Fsp3) is 0.0714. The van der Waals surface area contributed by atoms with Crippen molar-refractivity contribution in [2.24, 2.45) is 5.14 Å². The second-order valence-corrected chi connectivity index (χ2v) is 5.99. The Hall–Kier alpha value is -2.25. The maximum absolute atomic E-state index is 13.2. The van der Waals surface area contributed by atoms with Gasteiger partial charge in [0.05, 0.1) is 5.69 Å². The number of sulfonamides is 1. The average molecular weight is 308 g/mol. The fourth-order valence-corrected chi connectivity index (χ4v) is 2.49. The number of halogens is 1. The molecule has 0 aliphatic rings. The standard InChI is InChI=1S/C14H13FN2O3S/c1-9-8-10(6-7-11(9)15)14(18)17-12-4-2-3-5-13(12)21(16,19)20/h2-8H,1H3,(H,17,18)(H2,16,19,20). The Bertz CT molecular complexity index is 804. The Morgan fingerprint density at radius 1 is 1.19 bits per heavy atom. The first-order valence-corrected chi connectivity index (χ1v) is 7.53. The van der Waals surface area contributed by atoms with Gasteiger partial charge < -0.3 is 5.32 Å². The summed E-state index contributed by atoms with van der Waals surface area (Å²) in [5, 5.41) is 7.55. The van der Waals surface area contributed by atoms with Gasteiger partial charge in [0, 0.05) is 5.56 Å². The maximum atomic E-state index is 13.2. The molecule has 7 heteroatoms. The summed E-state index contributed by atoms with van der Waals surface area (Å²) in [6, 6.07) is 9.66. The zero-order valence-electron chi connectivity index (χ0n) is 11.1. The number of nitrogens with two attached hydrogens (primary N) is 1. The number of para-hydroxylation sites is 1. The van der Waals surface area contributed by atoms with Crippen LogP contribution in [0.1, 0.15) is 15.9 Å². The monoisotopic (exact) mass is 308 g/mol. The number of amides is 1. The summed E-state index contributed by atoms with van der Waals surface area (Å²) in [4.78, 5) is 11.9. The van der Waals surface area contributed by atoms with Gasteiger partial charge in [0.15, 0.2) is 0 Å². The van der Waals surface area contributed by atoms with E-state index in [1.54, 1.807) is 6.07 Å². The van der Waals surface area contributed by atoms with Crippen molar-refractivity contribution in [3.05, 3.63) is 59.4 Å². The SMILES string of the molecule is Cc1cc(C(=O)Nc2ccccc2S(N)(=O)=O)ccc1F. The van der Waals surface area contributed by atoms with Crippen molar-refractivity contribution >= 4 is 21.6 Å². The fourth-order valence-electron chi connectivity index (χ4n) is 1.80. The Morgan fingerprint density at radius 3 is 2.48 bits per heavy atom. The van der Waals surface area contributed by atoms with Crippen LogP contribution in [0.4, 0.5) is 10.1 Å². The molecule has 0 aliphatic heterocycles. The van der Waals surface area contributed by atoms with Crippen molar-refractivity contribution in [3.8, 4) is 0 Å². The summed E-state index contributed by atoms with van der Waals surface area (Å²) in [5.74, 6) is -0.967. The molecule has 0 aromatic heterocycles. The molecule has 0 saturated carbocycles. The van der Waals surface area contributed by atoms with Gasteiger partial charge in [-0.25, -0.2) is 17.9 Å². The van der Waals surface area contributed by atoms with E-state index in [2.05, 4.69) is 5.32 Å². The minimum atomic E-state index is -3.95. The molecule has 5 nitrogen and oxygen atoms in total. The quantitative estimate of drug-likeness (QED) is 0.909. The maximum Gasteiger partial charge on any atom is 0.255 e. The van der Waals surface area contributed by atoms with Gasteiger partial charge in [-0.3, -0.25) is 4.79 Å². The molecule has 0 radical (unpaired) electrons. The van der Waals surface area contributed by atoms with Gasteiger partial charge in [-0.15, -0.1) is 0 Å². The van der Waals surface area contributed by atoms with E-state index in [-0.39, 0.29) is 16.1 Å². The number of nitrogens with one attached hydrogen (secondary N) is 1. The number of benzene rings is 2. The minimum Gasteiger partial charge on any atom is -0.321 e. The molecular weight excluding hydrogens is 295 g/mol. The van der Waals surface area contributed by atoms with Gasteiger partial charge in [-0.2, -0.15) is 0 Å². The highest BCUT2D eigenvalue weighted by Gasteiger charge is 2.16. The Kier molecular flexibility index (Phi) is 4.06. The summed E-state index contributed by atoms with van der Waals surface area (Å²) in [6.45, 7) is 1.53. The normalized spacial score (nSPS) is 11.2. The van der Waals surface area contributed by atoms with Gasteiger partial charge in [0.25, 0.3) is 5.91 Å². The number of carbonyl (C=O) groups excluding carboxylic acids is 1. The molecule has 0 spiro atoms. The third-order valence-corrected chi connectivity index (χ3v) is 3.83. The van der Waals surface area contributed by atoms with Crippen LogP contribution in [0, 0.1) is 12.7 Å². The topological polar surface area (TPSA) is 89.3 Å². The van der Waals surface area contributed by atoms with Crippen LogP contribution >= 0.6 is 0 Å². The number of aryl methyl sites for hydroxylation is 1. The molecule has 0 fully saturated rings. The molecule has 1 amide bonds. The van der Waals surface area contributed by atoms with Gasteiger partial charge in [0.1, 0.15) is 10.7 Å². The molecule has 0 bridgehead atoms. The van der Waals surface area contributed by atoms with E-state index in [1.165, 1.54) is 43.3 Å². The molecule has 0 aliphatic carbocycles. The van der Waals surface area contributed by atoms with E-state index in [0.29, 0.717) is 5.56 Å². The van der Waals surface area contributed by atoms with Crippen LogP contribution in [0.2, 0.25) is 0 Å². The number of anilines is 1. The highest BCUT2D eigenvalue weighted by molar-refractivity contribution is 7.89. The average Bonchev–Trinajstić information content (AvgIpc) is 2.41. The lowest BCUT2D eigenvalue weighted by molar-refractivity contribution is 0.102. The zero-order valence-corrected chi connectivity index (χ0v) is 11.9. The van der Waals surface area contributed by atoms with Gasteiger partial charge in [-0.05, 0) is 42.8 Å². The van der Waals surface area contributed by atoms with Gasteiger partial charge >= 0.3 is 0 Å². The summed E-state index contributed by atoms with van der Waals surface area (Å²) < 4.78 is 36.1. The van der Waals surface area contributed by atoms with Crippen molar-refractivity contribution in [2.75, 3.05) is 5.32 Å². The van der Waals surface area contributed by atoms with Crippen LogP contribution < -0.4 is 10.5 Å². The summed E-state index contributed by atoms with van der Waals surface area (Å²) >= 11 is 0. The van der Waals surface area contributed by atoms with E-state index >= 15 is 0 Å². The molecule has 2 rings (SSSR count). The Balaban J connectivity index is 2.34. The second kappa shape index (κ2) is 5.63. The van der Waals surface area contributed by atoms with Crippen LogP contribution in [0.5, 0.6) is 0 Å². The molecule has 3 N–H and O–H groups in total. The van der Waals surface area contributed by atoms with Gasteiger partial charge in [0.2, 0.25) is 10.0 Å². The third-order valence-electron chi connectivity index (χ3n) is 2.86. The molecule has 2 aromatic carbocycles. The van der Waals surface area contributed by atoms with Gasteiger partial charge in [-0.1, -0.05) is 12.1 Å². The molecule has 0 unspecified atom stereocenters. The minimum absolute atomic E-state index is 0.0759. The van der Waals surface area contributed by atoms with Crippen LogP contribution in [-0.4, -0.2) is 14.3 Å². The molecule has 0 saturated heterocycles. The number of hydrogen-bond acceptors (Lipinski definition) is 3. The molecule has 2 aromatic rings. The highest BCUT2D eigenvalue weighted by atomic mass is 32.2. The summed E-state index contributed by atoms with van der Waals surface area (Å²) in [5.41, 5.74) is 0.618. The predicted molar refractivity (Wildman–Crippen MR) is 76.9 cm³/mol. The first kappa shape index (κ1) is 15.1. The van der Waals surface area contributed by atoms with Crippen LogP contribution in [0.15, 0.2) is 47.4 Å². The van der Waals surface area contributed by atoms with Crippen molar-refractivity contribution in [3.63, 3.8) is 0 Å². The summed E-state index contributed by atoms with van der Waals surface area (Å²) in [7, 11) is -3.95. The van der Waals surface area contributed by atoms with Crippen molar-refractivity contribution < 1.29 is 17.6 Å². The largest absolute Gasteiger partial charge is 0.321 e. The Morgan fingerprint density at radius 2 is 1.86 bits per heavy atom. The van der Waals surface area contributed by atoms with Crippen molar-refractivity contribution in [1.29, 1.82) is 0 Å². The lowest BCUT2D eigenvalue weighted by atomic mass is 10.1. The number of primary sulfonamides is 1. The second-order valence-electron chi connectivity index (χ2n) is 4.46. The van der Waals surface area contributed by atoms with E-state index < -0.39 is 21.7 Å². The number of rotatable bonds is 3. The first-order chi connectivity index (χ1) is 9.79. The lowest BCUT2D eigenvalue weighted by Crippen LogP contribution is -2.18. The lowest BCUT2D eigenvalue weighted by Gasteiger charge is -2.10. The first-order valence-electron chi connectivity index (χ1n) is 5.98. The van der Waals surface area contributed by atoms with E-state index in [0.717, 1.165) is 0 Å². The van der Waals surface area contributed by atoms with E-state index in [4.69, 9.17) is 5.14 Å². The predicted octanol–water partition coefficient (Wildman–Crippen LogP) is 2.03. The van der Waals surface area contributed by atoms with Crippen LogP contribution in [0.25, 0.3) is 0 Å². The van der Waals surface area contributed by atoms with Crippen LogP contribution in [0.3, 0.4) is 0 Å². The molecule has 21 heavy (non-hydrogen) atoms. The molecule has 0 heterocycles. The van der Waals surface area contributed by atoms with E-state index in [1.807, 2.05) is 0 Å². The highest BCUT2D eigenvalue weighted by Crippen LogP contribution is 2.20. The zero-order chi connectivity index (χ0) is 15.6. The number of hydrogen-bond donors (Lipinski definition) is 2. The van der Waals surface area contributed by atoms with Crippen LogP contribution in [-0.2, 0) is 10.0 Å². The Labute approximate surface area is 121 Å². The molecular formula is C14H13FN2O3S. The molecule has 0 atom stereocenters. The summed E-state index contributed by atoms with van der Waals surface area (Å²) in [6.07, 6.45) is 0. The number of carbonyl (C=O) groups is 1.